The fourth-order valence-electron chi connectivity index (χ4n) is 1.47. The Morgan fingerprint density at radius 1 is 1.56 bits per heavy atom. The lowest BCUT2D eigenvalue weighted by Crippen LogP contribution is -2.24. The molecule has 0 aromatic carbocycles. The van der Waals surface area contributed by atoms with Gasteiger partial charge >= 0.3 is 5.97 Å². The molecule has 0 spiro atoms. The van der Waals surface area contributed by atoms with Crippen LogP contribution < -0.4 is 5.56 Å². The zero-order chi connectivity index (χ0) is 13.3. The van der Waals surface area contributed by atoms with Crippen molar-refractivity contribution in [2.75, 3.05) is 0 Å². The van der Waals surface area contributed by atoms with Crippen molar-refractivity contribution >= 4 is 21.9 Å². The molecule has 2 heterocycles. The number of carboxylic acids is 1. The molecule has 0 saturated heterocycles. The lowest BCUT2D eigenvalue weighted by atomic mass is 10.4. The van der Waals surface area contributed by atoms with E-state index < -0.39 is 5.97 Å². The highest BCUT2D eigenvalue weighted by Gasteiger charge is 2.11. The van der Waals surface area contributed by atoms with Gasteiger partial charge < -0.3 is 9.52 Å². The summed E-state index contributed by atoms with van der Waals surface area (Å²) in [6.07, 6.45) is 1.43. The summed E-state index contributed by atoms with van der Waals surface area (Å²) in [6, 6.07) is 2.87. The fraction of sp³-hybridized carbons (Fsp3) is 0.182. The first-order valence-electron chi connectivity index (χ1n) is 5.03. The van der Waals surface area contributed by atoms with Crippen molar-refractivity contribution in [2.45, 2.75) is 13.5 Å². The Bertz CT molecular complexity index is 659. The monoisotopic (exact) mass is 312 g/mol. The SMILES string of the molecule is Cc1ncc(Br)c(=O)n1Cc1ccc(C(=O)O)o1. The molecule has 94 valence electrons. The lowest BCUT2D eigenvalue weighted by molar-refractivity contribution is 0.0660. The second-order valence-corrected chi connectivity index (χ2v) is 4.47. The standard InChI is InChI=1S/C11H9BrN2O4/c1-6-13-4-8(12)10(15)14(6)5-7-2-3-9(18-7)11(16)17/h2-4H,5H2,1H3,(H,16,17). The summed E-state index contributed by atoms with van der Waals surface area (Å²) in [7, 11) is 0. The van der Waals surface area contributed by atoms with Crippen LogP contribution in [-0.2, 0) is 6.54 Å². The number of aryl methyl sites for hydroxylation is 1. The van der Waals surface area contributed by atoms with Crippen LogP contribution in [0.2, 0.25) is 0 Å². The van der Waals surface area contributed by atoms with Crippen LogP contribution in [0.5, 0.6) is 0 Å². The predicted octanol–water partition coefficient (Wildman–Crippen LogP) is 1.65. The average Bonchev–Trinajstić information content (AvgIpc) is 2.78. The molecular weight excluding hydrogens is 304 g/mol. The summed E-state index contributed by atoms with van der Waals surface area (Å²) in [5.41, 5.74) is -0.240. The van der Waals surface area contributed by atoms with Crippen LogP contribution >= 0.6 is 15.9 Å². The van der Waals surface area contributed by atoms with E-state index in [0.29, 0.717) is 16.1 Å². The first-order chi connectivity index (χ1) is 8.49. The van der Waals surface area contributed by atoms with Crippen molar-refractivity contribution in [3.05, 3.63) is 50.5 Å². The van der Waals surface area contributed by atoms with E-state index in [9.17, 15) is 9.59 Å². The second-order valence-electron chi connectivity index (χ2n) is 3.62. The minimum Gasteiger partial charge on any atom is -0.475 e. The number of halogens is 1. The molecule has 0 aliphatic heterocycles. The summed E-state index contributed by atoms with van der Waals surface area (Å²) in [5.74, 6) is -0.384. The van der Waals surface area contributed by atoms with Gasteiger partial charge in [0.1, 0.15) is 16.1 Å². The number of rotatable bonds is 3. The van der Waals surface area contributed by atoms with E-state index >= 15 is 0 Å². The Hall–Kier alpha value is -1.89. The first-order valence-corrected chi connectivity index (χ1v) is 5.82. The molecule has 6 nitrogen and oxygen atoms in total. The zero-order valence-electron chi connectivity index (χ0n) is 9.38. The van der Waals surface area contributed by atoms with Gasteiger partial charge in [-0.2, -0.15) is 0 Å². The van der Waals surface area contributed by atoms with Crippen LogP contribution in [0, 0.1) is 6.92 Å². The van der Waals surface area contributed by atoms with Gasteiger partial charge in [0.05, 0.1) is 6.54 Å². The topological polar surface area (TPSA) is 85.3 Å². The normalized spacial score (nSPS) is 10.6. The van der Waals surface area contributed by atoms with Crippen LogP contribution in [-0.4, -0.2) is 20.6 Å². The first kappa shape index (κ1) is 12.6. The van der Waals surface area contributed by atoms with Gasteiger partial charge in [0.2, 0.25) is 5.76 Å². The molecule has 0 aliphatic carbocycles. The quantitative estimate of drug-likeness (QED) is 0.931. The smallest absolute Gasteiger partial charge is 0.371 e. The van der Waals surface area contributed by atoms with Gasteiger partial charge in [-0.25, -0.2) is 9.78 Å². The Morgan fingerprint density at radius 2 is 2.28 bits per heavy atom. The number of hydrogen-bond donors (Lipinski definition) is 1. The lowest BCUT2D eigenvalue weighted by Gasteiger charge is -2.07. The predicted molar refractivity (Wildman–Crippen MR) is 65.7 cm³/mol. The third kappa shape index (κ3) is 2.35. The number of carbonyl (C=O) groups is 1. The fourth-order valence-corrected chi connectivity index (χ4v) is 1.79. The molecule has 0 aliphatic rings. The maximum Gasteiger partial charge on any atom is 0.371 e. The van der Waals surface area contributed by atoms with Crippen molar-refractivity contribution in [1.82, 2.24) is 9.55 Å². The van der Waals surface area contributed by atoms with Gasteiger partial charge in [0, 0.05) is 6.20 Å². The molecule has 0 amide bonds. The Kier molecular flexibility index (Phi) is 3.33. The summed E-state index contributed by atoms with van der Waals surface area (Å²) in [6.45, 7) is 1.83. The van der Waals surface area contributed by atoms with Crippen LogP contribution in [0.15, 0.2) is 32.0 Å². The molecular formula is C11H9BrN2O4. The summed E-state index contributed by atoms with van der Waals surface area (Å²) >= 11 is 3.10. The Labute approximate surface area is 110 Å². The van der Waals surface area contributed by atoms with Gasteiger partial charge in [0.15, 0.2) is 0 Å². The van der Waals surface area contributed by atoms with Crippen LogP contribution in [0.3, 0.4) is 0 Å². The third-order valence-corrected chi connectivity index (χ3v) is 2.94. The number of aromatic carboxylic acids is 1. The molecule has 2 aromatic heterocycles. The van der Waals surface area contributed by atoms with Crippen molar-refractivity contribution in [3.63, 3.8) is 0 Å². The molecule has 18 heavy (non-hydrogen) atoms. The van der Waals surface area contributed by atoms with Gasteiger partial charge in [-0.1, -0.05) is 0 Å². The zero-order valence-corrected chi connectivity index (χ0v) is 11.0. The molecule has 1 N–H and O–H groups in total. The molecule has 0 fully saturated rings. The average molecular weight is 313 g/mol. The highest BCUT2D eigenvalue weighted by molar-refractivity contribution is 9.10. The summed E-state index contributed by atoms with van der Waals surface area (Å²) < 4.78 is 6.84. The molecule has 2 aromatic rings. The number of aromatic nitrogens is 2. The van der Waals surface area contributed by atoms with Crippen molar-refractivity contribution in [1.29, 1.82) is 0 Å². The van der Waals surface area contributed by atoms with E-state index in [1.165, 1.54) is 22.9 Å². The third-order valence-electron chi connectivity index (χ3n) is 2.39. The maximum atomic E-state index is 11.9. The highest BCUT2D eigenvalue weighted by atomic mass is 79.9. The largest absolute Gasteiger partial charge is 0.475 e. The van der Waals surface area contributed by atoms with E-state index in [1.807, 2.05) is 0 Å². The van der Waals surface area contributed by atoms with Crippen molar-refractivity contribution in [2.24, 2.45) is 0 Å². The molecule has 7 heteroatoms. The van der Waals surface area contributed by atoms with Crippen LogP contribution in [0.4, 0.5) is 0 Å². The van der Waals surface area contributed by atoms with E-state index in [1.54, 1.807) is 6.92 Å². The van der Waals surface area contributed by atoms with E-state index in [4.69, 9.17) is 9.52 Å². The molecule has 0 bridgehead atoms. The molecule has 0 unspecified atom stereocenters. The number of hydrogen-bond acceptors (Lipinski definition) is 4. The summed E-state index contributed by atoms with van der Waals surface area (Å²) in [4.78, 5) is 26.6. The number of carboxylic acid groups (broad SMARTS) is 1. The maximum absolute atomic E-state index is 11.9. The van der Waals surface area contributed by atoms with E-state index in [0.717, 1.165) is 0 Å². The minimum atomic E-state index is -1.14. The van der Waals surface area contributed by atoms with Gasteiger partial charge in [-0.3, -0.25) is 9.36 Å². The molecule has 0 atom stereocenters. The number of furan rings is 1. The molecule has 0 radical (unpaired) electrons. The Morgan fingerprint density at radius 3 is 2.89 bits per heavy atom. The van der Waals surface area contributed by atoms with E-state index in [2.05, 4.69) is 20.9 Å². The molecule has 0 saturated carbocycles. The number of nitrogens with zero attached hydrogens (tertiary/aromatic N) is 2. The van der Waals surface area contributed by atoms with Crippen LogP contribution in [0.1, 0.15) is 22.1 Å². The van der Waals surface area contributed by atoms with Gasteiger partial charge in [0.25, 0.3) is 5.56 Å². The van der Waals surface area contributed by atoms with Crippen LogP contribution in [0.25, 0.3) is 0 Å². The highest BCUT2D eigenvalue weighted by Crippen LogP contribution is 2.10. The van der Waals surface area contributed by atoms with Crippen molar-refractivity contribution < 1.29 is 14.3 Å². The van der Waals surface area contributed by atoms with Gasteiger partial charge in [-0.05, 0) is 35.0 Å². The minimum absolute atomic E-state index is 0.143. The van der Waals surface area contributed by atoms with Gasteiger partial charge in [-0.15, -0.1) is 0 Å². The summed E-state index contributed by atoms with van der Waals surface area (Å²) in [5, 5.41) is 8.74. The van der Waals surface area contributed by atoms with Crippen molar-refractivity contribution in [3.8, 4) is 0 Å². The Balaban J connectivity index is 2.37. The second kappa shape index (κ2) is 4.77. The molecule has 2 rings (SSSR count). The van der Waals surface area contributed by atoms with E-state index in [-0.39, 0.29) is 17.9 Å².